The molecule has 0 spiro atoms. The van der Waals surface area contributed by atoms with Crippen molar-refractivity contribution in [1.29, 1.82) is 0 Å². The van der Waals surface area contributed by atoms with E-state index < -0.39 is 4.92 Å². The van der Waals surface area contributed by atoms with Crippen LogP contribution in [0.15, 0.2) is 60.8 Å². The number of hydrogen-bond acceptors (Lipinski definition) is 6. The van der Waals surface area contributed by atoms with Crippen molar-refractivity contribution in [2.45, 2.75) is 19.3 Å². The van der Waals surface area contributed by atoms with Crippen LogP contribution in [0.25, 0.3) is 0 Å². The number of hydrogen-bond donors (Lipinski definition) is 0. The lowest BCUT2D eigenvalue weighted by molar-refractivity contribution is -0.389. The van der Waals surface area contributed by atoms with E-state index in [2.05, 4.69) is 4.98 Å². The zero-order chi connectivity index (χ0) is 18.6. The summed E-state index contributed by atoms with van der Waals surface area (Å²) in [5.74, 6) is 1.34. The van der Waals surface area contributed by atoms with Gasteiger partial charge in [-0.2, -0.15) is 0 Å². The number of aromatic nitrogens is 2. The quantitative estimate of drug-likeness (QED) is 0.469. The van der Waals surface area contributed by atoms with Crippen LogP contribution < -0.4 is 9.47 Å². The summed E-state index contributed by atoms with van der Waals surface area (Å²) in [7, 11) is 0. The van der Waals surface area contributed by atoms with Crippen LogP contribution in [0.1, 0.15) is 5.56 Å². The Labute approximate surface area is 155 Å². The summed E-state index contributed by atoms with van der Waals surface area (Å²) in [6.07, 6.45) is 1.18. The van der Waals surface area contributed by atoms with Crippen LogP contribution in [-0.2, 0) is 17.9 Å². The Bertz CT molecular complexity index is 901. The molecule has 27 heavy (non-hydrogen) atoms. The molecule has 8 nitrogen and oxygen atoms in total. The topological polar surface area (TPSA) is 88.7 Å². The van der Waals surface area contributed by atoms with E-state index in [4.69, 9.17) is 14.2 Å². The van der Waals surface area contributed by atoms with Crippen molar-refractivity contribution in [3.63, 3.8) is 0 Å². The van der Waals surface area contributed by atoms with Gasteiger partial charge < -0.3 is 24.3 Å². The van der Waals surface area contributed by atoms with E-state index in [0.717, 1.165) is 17.1 Å². The first-order chi connectivity index (χ1) is 13.2. The molecule has 3 aromatic rings. The summed E-state index contributed by atoms with van der Waals surface area (Å²) >= 11 is 0. The van der Waals surface area contributed by atoms with E-state index in [0.29, 0.717) is 19.8 Å². The van der Waals surface area contributed by atoms with E-state index in [1.165, 1.54) is 6.20 Å². The average Bonchev–Trinajstić information content (AvgIpc) is 3.23. The Morgan fingerprint density at radius 3 is 2.59 bits per heavy atom. The molecular weight excluding hydrogens is 350 g/mol. The van der Waals surface area contributed by atoms with Crippen LogP contribution in [0.3, 0.4) is 0 Å². The molecule has 0 saturated carbocycles. The van der Waals surface area contributed by atoms with Gasteiger partial charge in [0.2, 0.25) is 0 Å². The number of ether oxygens (including phenoxy) is 3. The lowest BCUT2D eigenvalue weighted by atomic mass is 10.2. The summed E-state index contributed by atoms with van der Waals surface area (Å²) in [6.45, 7) is 1.30. The molecule has 1 aromatic heterocycles. The zero-order valence-corrected chi connectivity index (χ0v) is 14.4. The lowest BCUT2D eigenvalue weighted by Crippen LogP contribution is -2.21. The van der Waals surface area contributed by atoms with Crippen LogP contribution >= 0.6 is 0 Å². The summed E-state index contributed by atoms with van der Waals surface area (Å²) in [5.41, 5.74) is 1.02. The van der Waals surface area contributed by atoms with Gasteiger partial charge in [-0.15, -0.1) is 0 Å². The van der Waals surface area contributed by atoms with Crippen LogP contribution in [0.4, 0.5) is 5.82 Å². The fraction of sp³-hybridized carbons (Fsp3) is 0.211. The zero-order valence-electron chi connectivity index (χ0n) is 14.4. The van der Waals surface area contributed by atoms with Gasteiger partial charge in [-0.25, -0.2) is 0 Å². The number of imidazole rings is 1. The van der Waals surface area contributed by atoms with E-state index in [1.54, 1.807) is 4.57 Å². The minimum Gasteiger partial charge on any atom is -0.457 e. The molecule has 0 amide bonds. The second kappa shape index (κ2) is 7.46. The highest BCUT2D eigenvalue weighted by Gasteiger charge is 2.31. The first kappa shape index (κ1) is 17.0. The van der Waals surface area contributed by atoms with Crippen molar-refractivity contribution in [2.24, 2.45) is 0 Å². The first-order valence-electron chi connectivity index (χ1n) is 8.45. The van der Waals surface area contributed by atoms with Gasteiger partial charge in [-0.05, 0) is 34.8 Å². The number of para-hydroxylation sites is 1. The van der Waals surface area contributed by atoms with Crippen LogP contribution in [0.2, 0.25) is 0 Å². The minimum absolute atomic E-state index is 0.200. The molecule has 1 aliphatic heterocycles. The molecule has 0 aliphatic carbocycles. The summed E-state index contributed by atoms with van der Waals surface area (Å²) in [6, 6.07) is 17.5. The van der Waals surface area contributed by atoms with Gasteiger partial charge >= 0.3 is 11.8 Å². The van der Waals surface area contributed by atoms with E-state index in [1.807, 2.05) is 54.6 Å². The number of fused-ring (bicyclic) bond motifs is 1. The van der Waals surface area contributed by atoms with E-state index in [-0.39, 0.29) is 17.9 Å². The predicted octanol–water partition coefficient (Wildman–Crippen LogP) is 3.56. The molecule has 138 valence electrons. The number of rotatable bonds is 7. The normalized spacial score (nSPS) is 15.2. The summed E-state index contributed by atoms with van der Waals surface area (Å²) in [5, 5.41) is 10.7. The molecule has 2 heterocycles. The van der Waals surface area contributed by atoms with Crippen molar-refractivity contribution in [2.75, 3.05) is 6.61 Å². The SMILES string of the molecule is O=[N+]([O-])c1cn2c(n1)OC(COCc1ccc(Oc3ccccc3)cc1)C2. The number of nitrogens with zero attached hydrogens (tertiary/aromatic N) is 3. The Hall–Kier alpha value is -3.39. The van der Waals surface area contributed by atoms with Crippen molar-refractivity contribution in [1.82, 2.24) is 9.55 Å². The maximum Gasteiger partial charge on any atom is 0.414 e. The van der Waals surface area contributed by atoms with Crippen LogP contribution in [-0.4, -0.2) is 27.2 Å². The Kier molecular flexibility index (Phi) is 4.71. The highest BCUT2D eigenvalue weighted by atomic mass is 16.6. The lowest BCUT2D eigenvalue weighted by Gasteiger charge is -2.10. The van der Waals surface area contributed by atoms with Gasteiger partial charge in [0.05, 0.1) is 19.8 Å². The van der Waals surface area contributed by atoms with Gasteiger partial charge in [0.1, 0.15) is 23.8 Å². The molecule has 1 aliphatic rings. The largest absolute Gasteiger partial charge is 0.457 e. The molecule has 8 heteroatoms. The summed E-state index contributed by atoms with van der Waals surface area (Å²) < 4.78 is 18.6. The third kappa shape index (κ3) is 4.06. The maximum atomic E-state index is 10.7. The fourth-order valence-electron chi connectivity index (χ4n) is 2.78. The molecule has 0 fully saturated rings. The van der Waals surface area contributed by atoms with Gasteiger partial charge in [0.15, 0.2) is 0 Å². The third-order valence-corrected chi connectivity index (χ3v) is 4.06. The molecule has 4 rings (SSSR count). The third-order valence-electron chi connectivity index (χ3n) is 4.06. The molecule has 0 saturated heterocycles. The van der Waals surface area contributed by atoms with Gasteiger partial charge in [0, 0.05) is 4.98 Å². The molecule has 2 aromatic carbocycles. The summed E-state index contributed by atoms with van der Waals surface area (Å²) in [4.78, 5) is 14.0. The molecule has 1 atom stereocenters. The van der Waals surface area contributed by atoms with Gasteiger partial charge in [-0.1, -0.05) is 30.3 Å². The Morgan fingerprint density at radius 1 is 1.15 bits per heavy atom. The smallest absolute Gasteiger partial charge is 0.414 e. The second-order valence-corrected chi connectivity index (χ2v) is 6.11. The molecule has 0 N–H and O–H groups in total. The van der Waals surface area contributed by atoms with Crippen molar-refractivity contribution < 1.29 is 19.1 Å². The molecular formula is C19H17N3O5. The number of nitro groups is 1. The average molecular weight is 367 g/mol. The number of benzene rings is 2. The first-order valence-corrected chi connectivity index (χ1v) is 8.45. The van der Waals surface area contributed by atoms with Crippen LogP contribution in [0, 0.1) is 10.1 Å². The Morgan fingerprint density at radius 2 is 1.89 bits per heavy atom. The second-order valence-electron chi connectivity index (χ2n) is 6.11. The monoisotopic (exact) mass is 367 g/mol. The highest BCUT2D eigenvalue weighted by molar-refractivity contribution is 5.32. The van der Waals surface area contributed by atoms with Gasteiger partial charge in [0.25, 0.3) is 0 Å². The van der Waals surface area contributed by atoms with Gasteiger partial charge in [-0.3, -0.25) is 4.57 Å². The van der Waals surface area contributed by atoms with Crippen molar-refractivity contribution in [3.8, 4) is 17.5 Å². The highest BCUT2D eigenvalue weighted by Crippen LogP contribution is 2.25. The van der Waals surface area contributed by atoms with Crippen molar-refractivity contribution >= 4 is 5.82 Å². The Balaban J connectivity index is 1.24. The molecule has 1 unspecified atom stereocenters. The molecule has 0 radical (unpaired) electrons. The van der Waals surface area contributed by atoms with E-state index >= 15 is 0 Å². The fourth-order valence-corrected chi connectivity index (χ4v) is 2.78. The standard InChI is InChI=1S/C19H17N3O5/c23-22(24)18-11-21-10-17(27-19(21)20-18)13-25-12-14-6-8-16(9-7-14)26-15-4-2-1-3-5-15/h1-9,11,17H,10,12-13H2. The van der Waals surface area contributed by atoms with Crippen LogP contribution in [0.5, 0.6) is 17.5 Å². The van der Waals surface area contributed by atoms with Crippen molar-refractivity contribution in [3.05, 3.63) is 76.5 Å². The predicted molar refractivity (Wildman–Crippen MR) is 95.9 cm³/mol. The minimum atomic E-state index is -0.536. The molecule has 0 bridgehead atoms. The maximum absolute atomic E-state index is 10.7. The van der Waals surface area contributed by atoms with E-state index in [9.17, 15) is 10.1 Å².